The molecule has 5 heteroatoms. The number of anilines is 1. The summed E-state index contributed by atoms with van der Waals surface area (Å²) in [6.07, 6.45) is 1.64. The Labute approximate surface area is 92.9 Å². The molecule has 0 saturated carbocycles. The van der Waals surface area contributed by atoms with Crippen LogP contribution in [0, 0.1) is 0 Å². The van der Waals surface area contributed by atoms with E-state index >= 15 is 0 Å². The van der Waals surface area contributed by atoms with Crippen molar-refractivity contribution in [2.45, 2.75) is 26.3 Å². The Morgan fingerprint density at radius 3 is 2.81 bits per heavy atom. The second-order valence-electron chi connectivity index (χ2n) is 4.67. The van der Waals surface area contributed by atoms with Gasteiger partial charge in [-0.15, -0.1) is 0 Å². The van der Waals surface area contributed by atoms with Gasteiger partial charge in [0.1, 0.15) is 11.5 Å². The predicted molar refractivity (Wildman–Crippen MR) is 63.5 cm³/mol. The van der Waals surface area contributed by atoms with Crippen molar-refractivity contribution in [3.8, 4) is 0 Å². The van der Waals surface area contributed by atoms with Crippen molar-refractivity contribution < 1.29 is 0 Å². The van der Waals surface area contributed by atoms with Gasteiger partial charge in [-0.2, -0.15) is 4.98 Å². The van der Waals surface area contributed by atoms with Gasteiger partial charge in [-0.05, 0) is 32.9 Å². The lowest BCUT2D eigenvalue weighted by atomic mass is 10.1. The highest BCUT2D eigenvalue weighted by atomic mass is 16.1. The van der Waals surface area contributed by atoms with Gasteiger partial charge in [-0.25, -0.2) is 9.78 Å². The molecule has 0 aliphatic rings. The molecule has 16 heavy (non-hydrogen) atoms. The number of aromatic nitrogens is 3. The zero-order valence-electron chi connectivity index (χ0n) is 9.53. The minimum Gasteiger partial charge on any atom is -0.365 e. The second kappa shape index (κ2) is 3.59. The highest BCUT2D eigenvalue weighted by Crippen LogP contribution is 2.18. The highest BCUT2D eigenvalue weighted by Gasteiger charge is 2.13. The van der Waals surface area contributed by atoms with Crippen LogP contribution in [-0.2, 0) is 0 Å². The van der Waals surface area contributed by atoms with E-state index in [-0.39, 0.29) is 5.54 Å². The van der Waals surface area contributed by atoms with Crippen molar-refractivity contribution in [1.82, 2.24) is 15.0 Å². The van der Waals surface area contributed by atoms with Crippen molar-refractivity contribution in [2.24, 2.45) is 0 Å². The lowest BCUT2D eigenvalue weighted by Gasteiger charge is -2.21. The molecule has 0 atom stereocenters. The molecule has 0 bridgehead atoms. The molecular weight excluding hydrogens is 204 g/mol. The van der Waals surface area contributed by atoms with Crippen molar-refractivity contribution in [1.29, 1.82) is 0 Å². The monoisotopic (exact) mass is 218 g/mol. The number of hydrogen-bond acceptors (Lipinski definition) is 4. The molecule has 2 rings (SSSR count). The Hall–Kier alpha value is -1.91. The van der Waals surface area contributed by atoms with Crippen LogP contribution in [0.5, 0.6) is 0 Å². The van der Waals surface area contributed by atoms with E-state index in [2.05, 4.69) is 20.3 Å². The van der Waals surface area contributed by atoms with Crippen molar-refractivity contribution in [3.05, 3.63) is 28.8 Å². The predicted octanol–water partition coefficient (Wildman–Crippen LogP) is 1.53. The Morgan fingerprint density at radius 1 is 1.38 bits per heavy atom. The maximum atomic E-state index is 11.3. The third-order valence-electron chi connectivity index (χ3n) is 1.99. The fourth-order valence-corrected chi connectivity index (χ4v) is 1.44. The third kappa shape index (κ3) is 2.18. The van der Waals surface area contributed by atoms with Gasteiger partial charge in [0.15, 0.2) is 0 Å². The molecule has 0 fully saturated rings. The fourth-order valence-electron chi connectivity index (χ4n) is 1.44. The Morgan fingerprint density at radius 2 is 2.12 bits per heavy atom. The summed E-state index contributed by atoms with van der Waals surface area (Å²) < 4.78 is 0. The van der Waals surface area contributed by atoms with E-state index in [9.17, 15) is 4.79 Å². The summed E-state index contributed by atoms with van der Waals surface area (Å²) in [6.45, 7) is 6.04. The normalized spacial score (nSPS) is 11.7. The molecular formula is C11H14N4O. The van der Waals surface area contributed by atoms with E-state index in [0.29, 0.717) is 11.5 Å². The van der Waals surface area contributed by atoms with Crippen LogP contribution < -0.4 is 11.0 Å². The van der Waals surface area contributed by atoms with Crippen molar-refractivity contribution >= 4 is 16.9 Å². The highest BCUT2D eigenvalue weighted by molar-refractivity contribution is 5.86. The van der Waals surface area contributed by atoms with E-state index in [1.807, 2.05) is 32.9 Å². The molecule has 2 aromatic heterocycles. The number of rotatable bonds is 1. The summed E-state index contributed by atoms with van der Waals surface area (Å²) in [4.78, 5) is 22.0. The molecule has 0 unspecified atom stereocenters. The minimum absolute atomic E-state index is 0.149. The van der Waals surface area contributed by atoms with Crippen LogP contribution in [0.3, 0.4) is 0 Å². The Kier molecular flexibility index (Phi) is 2.38. The smallest absolute Gasteiger partial charge is 0.348 e. The molecule has 2 N–H and O–H groups in total. The van der Waals surface area contributed by atoms with Gasteiger partial charge in [-0.1, -0.05) is 0 Å². The zero-order chi connectivity index (χ0) is 11.8. The van der Waals surface area contributed by atoms with Gasteiger partial charge >= 0.3 is 5.69 Å². The Bertz CT molecular complexity index is 568. The first kappa shape index (κ1) is 10.6. The van der Waals surface area contributed by atoms with Crippen LogP contribution >= 0.6 is 0 Å². The topological polar surface area (TPSA) is 70.7 Å². The standard InChI is InChI=1S/C11H14N4O/c1-11(2,3)15-9-7-5-4-6-12-8(7)13-10(16)14-9/h4-6H,1-3H3,(H2,12,13,14,15,16). The quantitative estimate of drug-likeness (QED) is 0.761. The molecule has 0 aromatic carbocycles. The van der Waals surface area contributed by atoms with Crippen LogP contribution in [0.4, 0.5) is 5.82 Å². The van der Waals surface area contributed by atoms with E-state index in [1.165, 1.54) is 0 Å². The van der Waals surface area contributed by atoms with E-state index in [1.54, 1.807) is 6.20 Å². The molecule has 5 nitrogen and oxygen atoms in total. The maximum Gasteiger partial charge on any atom is 0.348 e. The Balaban J connectivity index is 2.64. The van der Waals surface area contributed by atoms with E-state index in [0.717, 1.165) is 5.39 Å². The summed E-state index contributed by atoms with van der Waals surface area (Å²) in [5, 5.41) is 4.01. The number of pyridine rings is 1. The molecule has 0 spiro atoms. The number of aromatic amines is 1. The molecule has 0 saturated heterocycles. The van der Waals surface area contributed by atoms with Crippen molar-refractivity contribution in [3.63, 3.8) is 0 Å². The van der Waals surface area contributed by atoms with Gasteiger partial charge in [-0.3, -0.25) is 4.98 Å². The molecule has 2 heterocycles. The SMILES string of the molecule is CC(C)(C)Nc1nc(=O)[nH]c2ncccc12. The molecule has 2 aromatic rings. The number of hydrogen-bond donors (Lipinski definition) is 2. The summed E-state index contributed by atoms with van der Waals surface area (Å²) in [6, 6.07) is 3.69. The second-order valence-corrected chi connectivity index (χ2v) is 4.67. The maximum absolute atomic E-state index is 11.3. The number of nitrogens with one attached hydrogen (secondary N) is 2. The largest absolute Gasteiger partial charge is 0.365 e. The van der Waals surface area contributed by atoms with Gasteiger partial charge < -0.3 is 5.32 Å². The van der Waals surface area contributed by atoms with Crippen LogP contribution in [-0.4, -0.2) is 20.5 Å². The number of fused-ring (bicyclic) bond motifs is 1. The molecule has 0 aliphatic carbocycles. The van der Waals surface area contributed by atoms with Crippen molar-refractivity contribution in [2.75, 3.05) is 5.32 Å². The molecule has 84 valence electrons. The van der Waals surface area contributed by atoms with Crippen LogP contribution in [0.1, 0.15) is 20.8 Å². The first-order valence-corrected chi connectivity index (χ1v) is 5.09. The van der Waals surface area contributed by atoms with Gasteiger partial charge in [0.25, 0.3) is 0 Å². The van der Waals surface area contributed by atoms with Crippen LogP contribution in [0.25, 0.3) is 11.0 Å². The number of nitrogens with zero attached hydrogens (tertiary/aromatic N) is 2. The lowest BCUT2D eigenvalue weighted by Crippen LogP contribution is -2.28. The van der Waals surface area contributed by atoms with Gasteiger partial charge in [0.05, 0.1) is 5.39 Å². The van der Waals surface area contributed by atoms with Crippen LogP contribution in [0.2, 0.25) is 0 Å². The fraction of sp³-hybridized carbons (Fsp3) is 0.364. The molecule has 0 radical (unpaired) electrons. The zero-order valence-corrected chi connectivity index (χ0v) is 9.53. The van der Waals surface area contributed by atoms with Gasteiger partial charge in [0.2, 0.25) is 0 Å². The first-order chi connectivity index (χ1) is 7.46. The van der Waals surface area contributed by atoms with Crippen LogP contribution in [0.15, 0.2) is 23.1 Å². The summed E-state index contributed by atoms with van der Waals surface area (Å²) in [5.74, 6) is 0.569. The molecule has 0 aliphatic heterocycles. The summed E-state index contributed by atoms with van der Waals surface area (Å²) >= 11 is 0. The lowest BCUT2D eigenvalue weighted by molar-refractivity contribution is 0.630. The van der Waals surface area contributed by atoms with E-state index < -0.39 is 5.69 Å². The first-order valence-electron chi connectivity index (χ1n) is 5.09. The number of H-pyrrole nitrogens is 1. The average Bonchev–Trinajstić information content (AvgIpc) is 2.14. The molecule has 0 amide bonds. The third-order valence-corrected chi connectivity index (χ3v) is 1.99. The van der Waals surface area contributed by atoms with E-state index in [4.69, 9.17) is 0 Å². The van der Waals surface area contributed by atoms with Gasteiger partial charge in [0, 0.05) is 11.7 Å². The average molecular weight is 218 g/mol. The summed E-state index contributed by atoms with van der Waals surface area (Å²) in [5.41, 5.74) is 0.0102. The summed E-state index contributed by atoms with van der Waals surface area (Å²) in [7, 11) is 0. The minimum atomic E-state index is -0.391.